The molecule has 2 aromatic carbocycles. The molecule has 166 valence electrons. The van der Waals surface area contributed by atoms with Gasteiger partial charge >= 0.3 is 12.2 Å². The predicted octanol–water partition coefficient (Wildman–Crippen LogP) is 3.46. The molecule has 31 heavy (non-hydrogen) atoms. The maximum Gasteiger partial charge on any atom is 0.437 e. The molecule has 0 spiro atoms. The van der Waals surface area contributed by atoms with E-state index in [1.807, 2.05) is 0 Å². The zero-order valence-electron chi connectivity index (χ0n) is 16.3. The first kappa shape index (κ1) is 22.7. The zero-order chi connectivity index (χ0) is 23.0. The van der Waals surface area contributed by atoms with Gasteiger partial charge in [-0.3, -0.25) is 4.79 Å². The fourth-order valence-electron chi connectivity index (χ4n) is 3.46. The summed E-state index contributed by atoms with van der Waals surface area (Å²) in [5.41, 5.74) is -3.85. The molecule has 1 heterocycles. The van der Waals surface area contributed by atoms with Crippen LogP contribution in [0.25, 0.3) is 0 Å². The highest BCUT2D eigenvalue weighted by Gasteiger charge is 2.66. The Morgan fingerprint density at radius 3 is 2.26 bits per heavy atom. The van der Waals surface area contributed by atoms with E-state index in [0.29, 0.717) is 0 Å². The van der Waals surface area contributed by atoms with E-state index in [2.05, 4.69) is 5.32 Å². The van der Waals surface area contributed by atoms with Gasteiger partial charge in [0.15, 0.2) is 17.3 Å². The number of halogens is 4. The first-order valence-electron chi connectivity index (χ1n) is 8.91. The zero-order valence-corrected chi connectivity index (χ0v) is 17.0. The average Bonchev–Trinajstić information content (AvgIpc) is 2.72. The van der Waals surface area contributed by atoms with Gasteiger partial charge in [0.2, 0.25) is 5.72 Å². The van der Waals surface area contributed by atoms with Crippen molar-refractivity contribution in [3.63, 3.8) is 0 Å². The molecular weight excluding hydrogens is 441 g/mol. The second-order valence-electron chi connectivity index (χ2n) is 6.80. The van der Waals surface area contributed by atoms with E-state index >= 15 is 0 Å². The highest BCUT2D eigenvalue weighted by Crippen LogP contribution is 2.45. The predicted molar refractivity (Wildman–Crippen MR) is 104 cm³/mol. The first-order chi connectivity index (χ1) is 14.5. The molecule has 1 fully saturated rings. The Morgan fingerprint density at radius 1 is 1.10 bits per heavy atom. The number of ketones is 1. The normalized spacial score (nSPS) is 23.5. The summed E-state index contributed by atoms with van der Waals surface area (Å²) in [6.45, 7) is 0. The molecule has 0 unspecified atom stereocenters. The van der Waals surface area contributed by atoms with Gasteiger partial charge < -0.3 is 25.2 Å². The SMILES string of the molecule is COc1ccc([C@H]2NC(=O)N[C@@](O)(C(F)(F)F)[C@H]2C(=O)c2ccc(Cl)cc2)cc1OC. The van der Waals surface area contributed by atoms with Crippen LogP contribution in [0.2, 0.25) is 5.02 Å². The summed E-state index contributed by atoms with van der Waals surface area (Å²) in [5, 5.41) is 14.6. The second-order valence-corrected chi connectivity index (χ2v) is 7.24. The lowest BCUT2D eigenvalue weighted by atomic mass is 9.77. The van der Waals surface area contributed by atoms with Crippen LogP contribution in [0.3, 0.4) is 0 Å². The first-order valence-corrected chi connectivity index (χ1v) is 9.29. The maximum absolute atomic E-state index is 13.9. The lowest BCUT2D eigenvalue weighted by molar-refractivity contribution is -0.287. The van der Waals surface area contributed by atoms with Crippen molar-refractivity contribution in [1.82, 2.24) is 10.6 Å². The molecule has 2 aromatic rings. The van der Waals surface area contributed by atoms with Crippen molar-refractivity contribution in [2.45, 2.75) is 17.9 Å². The quantitative estimate of drug-likeness (QED) is 0.596. The highest BCUT2D eigenvalue weighted by atomic mass is 35.5. The summed E-state index contributed by atoms with van der Waals surface area (Å²) in [6, 6.07) is 6.43. The van der Waals surface area contributed by atoms with Gasteiger partial charge in [-0.1, -0.05) is 17.7 Å². The Hall–Kier alpha value is -2.98. The Kier molecular flexibility index (Phi) is 6.06. The number of rotatable bonds is 5. The van der Waals surface area contributed by atoms with E-state index in [1.165, 1.54) is 62.0 Å². The minimum atomic E-state index is -5.35. The smallest absolute Gasteiger partial charge is 0.437 e. The third kappa shape index (κ3) is 4.13. The Bertz CT molecular complexity index is 999. The summed E-state index contributed by atoms with van der Waals surface area (Å²) >= 11 is 5.80. The van der Waals surface area contributed by atoms with Gasteiger partial charge in [-0.25, -0.2) is 4.79 Å². The van der Waals surface area contributed by atoms with E-state index < -0.39 is 35.7 Å². The molecular formula is C20H18ClF3N2O5. The van der Waals surface area contributed by atoms with Crippen LogP contribution in [0.15, 0.2) is 42.5 Å². The molecule has 7 nitrogen and oxygen atoms in total. The maximum atomic E-state index is 13.9. The summed E-state index contributed by atoms with van der Waals surface area (Å²) in [6.07, 6.45) is -5.35. The second kappa shape index (κ2) is 8.27. The third-order valence-electron chi connectivity index (χ3n) is 4.98. The van der Waals surface area contributed by atoms with E-state index in [4.69, 9.17) is 21.1 Å². The van der Waals surface area contributed by atoms with Gasteiger partial charge in [0.05, 0.1) is 20.3 Å². The number of hydrogen-bond donors (Lipinski definition) is 3. The van der Waals surface area contributed by atoms with Crippen molar-refractivity contribution in [1.29, 1.82) is 0 Å². The van der Waals surface area contributed by atoms with Gasteiger partial charge in [0, 0.05) is 10.6 Å². The molecule has 0 aromatic heterocycles. The van der Waals surface area contributed by atoms with Gasteiger partial charge in [0.1, 0.15) is 5.92 Å². The molecule has 0 bridgehead atoms. The molecule has 1 aliphatic rings. The highest BCUT2D eigenvalue weighted by molar-refractivity contribution is 6.30. The Balaban J connectivity index is 2.18. The number of benzene rings is 2. The fraction of sp³-hybridized carbons (Fsp3) is 0.300. The molecule has 0 saturated carbocycles. The van der Waals surface area contributed by atoms with Crippen LogP contribution in [-0.4, -0.2) is 43.0 Å². The van der Waals surface area contributed by atoms with Crippen LogP contribution in [0.5, 0.6) is 11.5 Å². The number of carbonyl (C=O) groups excluding carboxylic acids is 2. The molecule has 3 atom stereocenters. The number of hydrogen-bond acceptors (Lipinski definition) is 5. The summed E-state index contributed by atoms with van der Waals surface area (Å²) in [5.74, 6) is -2.76. The van der Waals surface area contributed by atoms with Crippen molar-refractivity contribution in [2.75, 3.05) is 14.2 Å². The largest absolute Gasteiger partial charge is 0.493 e. The standard InChI is InChI=1S/C20H18ClF3N2O5/c1-30-13-8-5-11(9-14(13)31-2)16-15(17(27)10-3-6-12(21)7-4-10)19(29,20(22,23)24)26-18(28)25-16/h3-9,15-16,29H,1-2H3,(H2,25,26,28)/t15-,16-,19+/m1/s1. The van der Waals surface area contributed by atoms with Crippen molar-refractivity contribution in [3.8, 4) is 11.5 Å². The van der Waals surface area contributed by atoms with E-state index in [0.717, 1.165) is 0 Å². The number of nitrogens with one attached hydrogen (secondary N) is 2. The Morgan fingerprint density at radius 2 is 1.71 bits per heavy atom. The van der Waals surface area contributed by atoms with Gasteiger partial charge in [-0.2, -0.15) is 13.2 Å². The number of urea groups is 1. The van der Waals surface area contributed by atoms with Crippen LogP contribution < -0.4 is 20.1 Å². The number of aliphatic hydroxyl groups is 1. The number of carbonyl (C=O) groups is 2. The minimum Gasteiger partial charge on any atom is -0.493 e. The third-order valence-corrected chi connectivity index (χ3v) is 5.24. The number of methoxy groups -OCH3 is 2. The summed E-state index contributed by atoms with van der Waals surface area (Å²) < 4.78 is 52.1. The molecule has 11 heteroatoms. The van der Waals surface area contributed by atoms with Gasteiger partial charge in [-0.05, 0) is 42.0 Å². The van der Waals surface area contributed by atoms with Crippen LogP contribution in [0.1, 0.15) is 22.0 Å². The van der Waals surface area contributed by atoms with Crippen LogP contribution in [-0.2, 0) is 0 Å². The lowest BCUT2D eigenvalue weighted by Crippen LogP contribution is -2.72. The summed E-state index contributed by atoms with van der Waals surface area (Å²) in [7, 11) is 2.70. The molecule has 3 N–H and O–H groups in total. The van der Waals surface area contributed by atoms with Crippen LogP contribution in [0.4, 0.5) is 18.0 Å². The number of ether oxygens (including phenoxy) is 2. The fourth-order valence-corrected chi connectivity index (χ4v) is 3.58. The summed E-state index contributed by atoms with van der Waals surface area (Å²) in [4.78, 5) is 25.3. The number of amides is 2. The van der Waals surface area contributed by atoms with Crippen LogP contribution in [0, 0.1) is 5.92 Å². The van der Waals surface area contributed by atoms with Crippen molar-refractivity contribution in [3.05, 3.63) is 58.6 Å². The van der Waals surface area contributed by atoms with Gasteiger partial charge in [-0.15, -0.1) is 0 Å². The lowest BCUT2D eigenvalue weighted by Gasteiger charge is -2.45. The molecule has 0 radical (unpaired) electrons. The van der Waals surface area contributed by atoms with Crippen molar-refractivity contribution in [2.24, 2.45) is 5.92 Å². The molecule has 3 rings (SSSR count). The molecule has 2 amide bonds. The van der Waals surface area contributed by atoms with E-state index in [9.17, 15) is 27.9 Å². The Labute approximate surface area is 180 Å². The van der Waals surface area contributed by atoms with E-state index in [-0.39, 0.29) is 27.6 Å². The van der Waals surface area contributed by atoms with Crippen LogP contribution >= 0.6 is 11.6 Å². The topological polar surface area (TPSA) is 96.9 Å². The van der Waals surface area contributed by atoms with Crippen molar-refractivity contribution >= 4 is 23.4 Å². The minimum absolute atomic E-state index is 0.0995. The number of alkyl halides is 3. The van der Waals surface area contributed by atoms with Crippen molar-refractivity contribution < 1.29 is 37.3 Å². The van der Waals surface area contributed by atoms with E-state index in [1.54, 1.807) is 0 Å². The average molecular weight is 459 g/mol. The monoisotopic (exact) mass is 458 g/mol. The number of Topliss-reactive ketones (excluding diaryl/α,β-unsaturated/α-hetero) is 1. The molecule has 1 aliphatic heterocycles. The van der Waals surface area contributed by atoms with Gasteiger partial charge in [0.25, 0.3) is 0 Å². The molecule has 1 saturated heterocycles. The molecule has 0 aliphatic carbocycles.